The molecular formula is C11H14F3NO4S. The summed E-state index contributed by atoms with van der Waals surface area (Å²) in [6.07, 6.45) is 1.70. The zero-order chi connectivity index (χ0) is 15.8. The van der Waals surface area contributed by atoms with Crippen LogP contribution in [0.1, 0.15) is 13.8 Å². The highest BCUT2D eigenvalue weighted by atomic mass is 32.2. The summed E-state index contributed by atoms with van der Waals surface area (Å²) in [4.78, 5) is 0. The van der Waals surface area contributed by atoms with Crippen LogP contribution in [0, 0.1) is 0 Å². The third kappa shape index (κ3) is 5.17. The Hall–Kier alpha value is -1.61. The molecular weight excluding hydrogens is 299 g/mol. The quantitative estimate of drug-likeness (QED) is 0.596. The molecule has 0 amide bonds. The topological polar surface area (TPSA) is 69.4 Å². The normalized spacial score (nSPS) is 11.1. The Bertz CT molecular complexity index is 577. The Morgan fingerprint density at radius 1 is 1.20 bits per heavy atom. The number of benzene rings is 1. The van der Waals surface area contributed by atoms with Gasteiger partial charge in [0.1, 0.15) is 0 Å². The van der Waals surface area contributed by atoms with Crippen molar-refractivity contribution in [3.8, 4) is 0 Å². The minimum absolute atomic E-state index is 0.447. The summed E-state index contributed by atoms with van der Waals surface area (Å²) < 4.78 is 60.7. The summed E-state index contributed by atoms with van der Waals surface area (Å²) in [5, 5.41) is 4.68. The Balaban J connectivity index is 0.000000321. The van der Waals surface area contributed by atoms with E-state index < -0.39 is 15.6 Å². The molecule has 0 spiro atoms. The first-order valence-corrected chi connectivity index (χ1v) is 6.85. The van der Waals surface area contributed by atoms with E-state index in [0.29, 0.717) is 7.11 Å². The van der Waals surface area contributed by atoms with Gasteiger partial charge in [0.2, 0.25) is 0 Å². The summed E-state index contributed by atoms with van der Waals surface area (Å²) in [6, 6.07) is 7.74. The van der Waals surface area contributed by atoms with Gasteiger partial charge in [-0.2, -0.15) is 21.6 Å². The molecule has 1 aromatic carbocycles. The number of aromatic nitrogens is 1. The van der Waals surface area contributed by atoms with E-state index in [2.05, 4.69) is 9.34 Å². The molecule has 9 heteroatoms. The lowest BCUT2D eigenvalue weighted by Gasteiger charge is -2.02. The standard InChI is InChI=1S/C7H5NO.C2H3F3O3S.C2H6/c1-2-4-7-6(3-1)5-8-9-7;1-8-9(6,7)2(3,4)5;1-2/h1-5H;1H3;1-2H3. The lowest BCUT2D eigenvalue weighted by Crippen LogP contribution is -2.23. The number of alkyl halides is 3. The molecule has 2 rings (SSSR count). The predicted molar refractivity (Wildman–Crippen MR) is 67.3 cm³/mol. The zero-order valence-corrected chi connectivity index (χ0v) is 11.8. The van der Waals surface area contributed by atoms with Gasteiger partial charge >= 0.3 is 15.6 Å². The highest BCUT2D eigenvalue weighted by Crippen LogP contribution is 2.23. The molecule has 114 valence electrons. The molecule has 1 aromatic heterocycles. The van der Waals surface area contributed by atoms with Crippen LogP contribution in [0.3, 0.4) is 0 Å². The van der Waals surface area contributed by atoms with Gasteiger partial charge in [-0.1, -0.05) is 31.1 Å². The largest absolute Gasteiger partial charge is 0.523 e. The van der Waals surface area contributed by atoms with Crippen molar-refractivity contribution in [2.45, 2.75) is 19.4 Å². The first kappa shape index (κ1) is 18.4. The first-order chi connectivity index (χ1) is 9.28. The third-order valence-electron chi connectivity index (χ3n) is 1.76. The molecule has 0 saturated heterocycles. The molecule has 20 heavy (non-hydrogen) atoms. The van der Waals surface area contributed by atoms with Crippen molar-refractivity contribution in [1.29, 1.82) is 0 Å². The molecule has 2 aromatic rings. The maximum absolute atomic E-state index is 11.1. The lowest BCUT2D eigenvalue weighted by atomic mass is 10.3. The van der Waals surface area contributed by atoms with Crippen LogP contribution < -0.4 is 0 Å². The van der Waals surface area contributed by atoms with Crippen molar-refractivity contribution in [2.24, 2.45) is 0 Å². The minimum atomic E-state index is -5.34. The second-order valence-corrected chi connectivity index (χ2v) is 4.63. The molecule has 0 radical (unpaired) electrons. The van der Waals surface area contributed by atoms with Crippen LogP contribution in [0.15, 0.2) is 35.0 Å². The summed E-state index contributed by atoms with van der Waals surface area (Å²) >= 11 is 0. The molecule has 0 aliphatic rings. The van der Waals surface area contributed by atoms with E-state index in [0.717, 1.165) is 11.0 Å². The van der Waals surface area contributed by atoms with E-state index in [1.807, 2.05) is 38.1 Å². The smallest absolute Gasteiger partial charge is 0.356 e. The van der Waals surface area contributed by atoms with E-state index >= 15 is 0 Å². The van der Waals surface area contributed by atoms with Crippen molar-refractivity contribution in [1.82, 2.24) is 5.16 Å². The van der Waals surface area contributed by atoms with Gasteiger partial charge in [-0.25, -0.2) is 0 Å². The average molecular weight is 313 g/mol. The van der Waals surface area contributed by atoms with Crippen molar-refractivity contribution in [3.63, 3.8) is 0 Å². The monoisotopic (exact) mass is 313 g/mol. The van der Waals surface area contributed by atoms with Gasteiger partial charge in [0.05, 0.1) is 13.3 Å². The number of nitrogens with zero attached hydrogens (tertiary/aromatic N) is 1. The number of hydrogen-bond acceptors (Lipinski definition) is 5. The SMILES string of the molecule is CC.COS(=O)(=O)C(F)(F)F.c1ccc2oncc2c1. The van der Waals surface area contributed by atoms with Crippen LogP contribution in [0.2, 0.25) is 0 Å². The molecule has 0 fully saturated rings. The fourth-order valence-electron chi connectivity index (χ4n) is 0.905. The fourth-order valence-corrected chi connectivity index (χ4v) is 1.09. The van der Waals surface area contributed by atoms with Gasteiger partial charge in [0.15, 0.2) is 5.58 Å². The van der Waals surface area contributed by atoms with Crippen molar-refractivity contribution >= 4 is 21.1 Å². The molecule has 0 unspecified atom stereocenters. The van der Waals surface area contributed by atoms with Crippen molar-refractivity contribution in [3.05, 3.63) is 30.5 Å². The van der Waals surface area contributed by atoms with Crippen LogP contribution in [-0.2, 0) is 14.3 Å². The van der Waals surface area contributed by atoms with Gasteiger partial charge in [0, 0.05) is 5.39 Å². The van der Waals surface area contributed by atoms with E-state index in [4.69, 9.17) is 4.52 Å². The number of halogens is 3. The molecule has 0 aliphatic heterocycles. The fraction of sp³-hybridized carbons (Fsp3) is 0.364. The number of hydrogen-bond donors (Lipinski definition) is 0. The van der Waals surface area contributed by atoms with Gasteiger partial charge in [-0.05, 0) is 12.1 Å². The minimum Gasteiger partial charge on any atom is -0.356 e. The van der Waals surface area contributed by atoms with Crippen LogP contribution in [0.25, 0.3) is 11.0 Å². The van der Waals surface area contributed by atoms with Crippen molar-refractivity contribution in [2.75, 3.05) is 7.11 Å². The van der Waals surface area contributed by atoms with Gasteiger partial charge < -0.3 is 4.52 Å². The van der Waals surface area contributed by atoms with Crippen molar-refractivity contribution < 1.29 is 30.3 Å². The lowest BCUT2D eigenvalue weighted by molar-refractivity contribution is -0.0526. The van der Waals surface area contributed by atoms with Crippen LogP contribution >= 0.6 is 0 Å². The molecule has 0 aliphatic carbocycles. The van der Waals surface area contributed by atoms with E-state index in [-0.39, 0.29) is 0 Å². The highest BCUT2D eigenvalue weighted by molar-refractivity contribution is 7.87. The Morgan fingerprint density at radius 2 is 1.75 bits per heavy atom. The average Bonchev–Trinajstić information content (AvgIpc) is 2.89. The molecule has 0 bridgehead atoms. The molecule has 1 heterocycles. The van der Waals surface area contributed by atoms with Crippen LogP contribution in [0.4, 0.5) is 13.2 Å². The van der Waals surface area contributed by atoms with Crippen LogP contribution in [-0.4, -0.2) is 26.2 Å². The van der Waals surface area contributed by atoms with E-state index in [1.165, 1.54) is 0 Å². The maximum Gasteiger partial charge on any atom is 0.523 e. The maximum atomic E-state index is 11.1. The predicted octanol–water partition coefficient (Wildman–Crippen LogP) is 3.34. The van der Waals surface area contributed by atoms with E-state index in [1.54, 1.807) is 6.20 Å². The Labute approximate surface area is 114 Å². The van der Waals surface area contributed by atoms with Crippen LogP contribution in [0.5, 0.6) is 0 Å². The van der Waals surface area contributed by atoms with Gasteiger partial charge in [-0.15, -0.1) is 0 Å². The van der Waals surface area contributed by atoms with E-state index in [9.17, 15) is 21.6 Å². The summed E-state index contributed by atoms with van der Waals surface area (Å²) in [7, 11) is -4.89. The Morgan fingerprint density at radius 3 is 2.15 bits per heavy atom. The molecule has 0 N–H and O–H groups in total. The number of fused-ring (bicyclic) bond motifs is 1. The summed E-state index contributed by atoms with van der Waals surface area (Å²) in [5.41, 5.74) is -4.46. The Kier molecular flexibility index (Phi) is 7.22. The molecule has 0 saturated carbocycles. The third-order valence-corrected chi connectivity index (χ3v) is 2.77. The molecule has 5 nitrogen and oxygen atoms in total. The summed E-state index contributed by atoms with van der Waals surface area (Å²) in [6.45, 7) is 4.00. The van der Waals surface area contributed by atoms with Gasteiger partial charge in [0.25, 0.3) is 0 Å². The van der Waals surface area contributed by atoms with Gasteiger partial charge in [-0.3, -0.25) is 4.18 Å². The second kappa shape index (κ2) is 7.85. The zero-order valence-electron chi connectivity index (χ0n) is 11.0. The second-order valence-electron chi connectivity index (χ2n) is 2.93. The summed E-state index contributed by atoms with van der Waals surface area (Å²) in [5.74, 6) is 0. The first-order valence-electron chi connectivity index (χ1n) is 5.44. The number of rotatable bonds is 1. The molecule has 0 atom stereocenters. The number of para-hydroxylation sites is 1. The highest BCUT2D eigenvalue weighted by Gasteiger charge is 2.46.